The molecule has 0 radical (unpaired) electrons. The second-order valence-corrected chi connectivity index (χ2v) is 7.69. The molecule has 4 rings (SSSR count). The Labute approximate surface area is 167 Å². The SMILES string of the molecule is Cn1nc(-c2ccccc2)cc1C(=O)N1CCC(C(=O)Nc2nccs2)CC1. The van der Waals surface area contributed by atoms with Gasteiger partial charge in [-0.15, -0.1) is 11.3 Å². The molecule has 1 fully saturated rings. The summed E-state index contributed by atoms with van der Waals surface area (Å²) < 4.78 is 1.63. The zero-order valence-corrected chi connectivity index (χ0v) is 16.4. The van der Waals surface area contributed by atoms with Crippen LogP contribution < -0.4 is 5.32 Å². The molecule has 144 valence electrons. The second-order valence-electron chi connectivity index (χ2n) is 6.80. The predicted molar refractivity (Wildman–Crippen MR) is 108 cm³/mol. The smallest absolute Gasteiger partial charge is 0.272 e. The van der Waals surface area contributed by atoms with Crippen molar-refractivity contribution in [1.29, 1.82) is 0 Å². The minimum Gasteiger partial charge on any atom is -0.337 e. The van der Waals surface area contributed by atoms with E-state index in [1.165, 1.54) is 11.3 Å². The van der Waals surface area contributed by atoms with E-state index in [1.54, 1.807) is 22.8 Å². The van der Waals surface area contributed by atoms with Crippen molar-refractivity contribution in [2.75, 3.05) is 18.4 Å². The fraction of sp³-hybridized carbons (Fsp3) is 0.300. The number of amides is 2. The lowest BCUT2D eigenvalue weighted by Gasteiger charge is -2.31. The molecule has 1 saturated heterocycles. The molecule has 0 atom stereocenters. The molecule has 0 aliphatic carbocycles. The maximum atomic E-state index is 13.0. The molecule has 0 unspecified atom stereocenters. The molecule has 3 aromatic rings. The number of thiazole rings is 1. The molecule has 0 saturated carbocycles. The van der Waals surface area contributed by atoms with Crippen molar-refractivity contribution in [1.82, 2.24) is 19.7 Å². The van der Waals surface area contributed by atoms with Crippen molar-refractivity contribution in [2.24, 2.45) is 13.0 Å². The van der Waals surface area contributed by atoms with Crippen LogP contribution in [0.15, 0.2) is 48.0 Å². The third-order valence-electron chi connectivity index (χ3n) is 4.98. The first-order valence-corrected chi connectivity index (χ1v) is 10.1. The van der Waals surface area contributed by atoms with E-state index in [2.05, 4.69) is 15.4 Å². The summed E-state index contributed by atoms with van der Waals surface area (Å²) in [6.07, 6.45) is 2.96. The van der Waals surface area contributed by atoms with E-state index in [0.29, 0.717) is 36.8 Å². The number of aryl methyl sites for hydroxylation is 1. The number of carbonyl (C=O) groups is 2. The van der Waals surface area contributed by atoms with Crippen LogP contribution in [-0.2, 0) is 11.8 Å². The van der Waals surface area contributed by atoms with E-state index in [1.807, 2.05) is 41.8 Å². The topological polar surface area (TPSA) is 80.1 Å². The molecule has 28 heavy (non-hydrogen) atoms. The Morgan fingerprint density at radius 3 is 2.61 bits per heavy atom. The molecule has 0 spiro atoms. The summed E-state index contributed by atoms with van der Waals surface area (Å²) in [5.74, 6) is -0.163. The third kappa shape index (κ3) is 3.82. The van der Waals surface area contributed by atoms with Gasteiger partial charge in [-0.3, -0.25) is 14.3 Å². The van der Waals surface area contributed by atoms with Gasteiger partial charge in [0.2, 0.25) is 5.91 Å². The molecule has 3 heterocycles. The highest BCUT2D eigenvalue weighted by atomic mass is 32.1. The van der Waals surface area contributed by atoms with E-state index in [-0.39, 0.29) is 17.7 Å². The summed E-state index contributed by atoms with van der Waals surface area (Å²) in [4.78, 5) is 31.2. The molecule has 2 amide bonds. The van der Waals surface area contributed by atoms with Crippen molar-refractivity contribution in [3.05, 3.63) is 53.7 Å². The fourth-order valence-corrected chi connectivity index (χ4v) is 3.95. The molecule has 1 N–H and O–H groups in total. The van der Waals surface area contributed by atoms with Gasteiger partial charge in [0.15, 0.2) is 5.13 Å². The molecule has 8 heteroatoms. The summed E-state index contributed by atoms with van der Waals surface area (Å²) >= 11 is 1.40. The number of hydrogen-bond acceptors (Lipinski definition) is 5. The maximum Gasteiger partial charge on any atom is 0.272 e. The number of nitrogens with one attached hydrogen (secondary N) is 1. The monoisotopic (exact) mass is 395 g/mol. The average molecular weight is 395 g/mol. The van der Waals surface area contributed by atoms with Gasteiger partial charge in [-0.2, -0.15) is 5.10 Å². The number of piperidine rings is 1. The summed E-state index contributed by atoms with van der Waals surface area (Å²) in [5, 5.41) is 9.78. The predicted octanol–water partition coefficient (Wildman–Crippen LogP) is 3.03. The quantitative estimate of drug-likeness (QED) is 0.736. The number of carbonyl (C=O) groups excluding carboxylic acids is 2. The largest absolute Gasteiger partial charge is 0.337 e. The highest BCUT2D eigenvalue weighted by Gasteiger charge is 2.29. The van der Waals surface area contributed by atoms with E-state index >= 15 is 0 Å². The number of nitrogens with zero attached hydrogens (tertiary/aromatic N) is 4. The number of likely N-dealkylation sites (tertiary alicyclic amines) is 1. The highest BCUT2D eigenvalue weighted by Crippen LogP contribution is 2.23. The molecule has 0 bridgehead atoms. The third-order valence-corrected chi connectivity index (χ3v) is 5.67. The van der Waals surface area contributed by atoms with Crippen LogP contribution >= 0.6 is 11.3 Å². The van der Waals surface area contributed by atoms with E-state index in [0.717, 1.165) is 11.3 Å². The lowest BCUT2D eigenvalue weighted by atomic mass is 9.96. The highest BCUT2D eigenvalue weighted by molar-refractivity contribution is 7.13. The minimum absolute atomic E-state index is 0.0195. The van der Waals surface area contributed by atoms with Gasteiger partial charge < -0.3 is 10.2 Å². The molecule has 1 aliphatic rings. The molecular formula is C20H21N5O2S. The number of aromatic nitrogens is 3. The first-order chi connectivity index (χ1) is 13.6. The van der Waals surface area contributed by atoms with Gasteiger partial charge in [0.05, 0.1) is 5.69 Å². The minimum atomic E-state index is -0.0978. The Bertz CT molecular complexity index is 960. The maximum absolute atomic E-state index is 13.0. The average Bonchev–Trinajstić information content (AvgIpc) is 3.38. The number of rotatable bonds is 4. The molecule has 1 aromatic carbocycles. The molecular weight excluding hydrogens is 374 g/mol. The first kappa shape index (κ1) is 18.4. The van der Waals surface area contributed by atoms with Gasteiger partial charge in [-0.05, 0) is 18.9 Å². The Balaban J connectivity index is 1.39. The van der Waals surface area contributed by atoms with E-state index in [4.69, 9.17) is 0 Å². The lowest BCUT2D eigenvalue weighted by Crippen LogP contribution is -2.42. The summed E-state index contributed by atoms with van der Waals surface area (Å²) in [7, 11) is 1.79. The van der Waals surface area contributed by atoms with Gasteiger partial charge in [0.25, 0.3) is 5.91 Å². The molecule has 2 aromatic heterocycles. The number of anilines is 1. The molecule has 1 aliphatic heterocycles. The summed E-state index contributed by atoms with van der Waals surface area (Å²) in [6, 6.07) is 11.6. The normalized spacial score (nSPS) is 14.8. The van der Waals surface area contributed by atoms with Gasteiger partial charge in [-0.25, -0.2) is 4.98 Å². The van der Waals surface area contributed by atoms with Gasteiger partial charge in [0.1, 0.15) is 5.69 Å². The lowest BCUT2D eigenvalue weighted by molar-refractivity contribution is -0.121. The van der Waals surface area contributed by atoms with Crippen LogP contribution in [0, 0.1) is 5.92 Å². The Hall–Kier alpha value is -3.00. The summed E-state index contributed by atoms with van der Waals surface area (Å²) in [5.41, 5.74) is 2.32. The van der Waals surface area contributed by atoms with Crippen molar-refractivity contribution in [3.8, 4) is 11.3 Å². The number of hydrogen-bond donors (Lipinski definition) is 1. The summed E-state index contributed by atoms with van der Waals surface area (Å²) in [6.45, 7) is 1.11. The molecule has 7 nitrogen and oxygen atoms in total. The zero-order chi connectivity index (χ0) is 19.5. The van der Waals surface area contributed by atoms with Crippen molar-refractivity contribution >= 4 is 28.3 Å². The van der Waals surface area contributed by atoms with Crippen LogP contribution in [0.3, 0.4) is 0 Å². The standard InChI is InChI=1S/C20H21N5O2S/c1-24-17(13-16(23-24)14-5-3-2-4-6-14)19(27)25-10-7-15(8-11-25)18(26)22-20-21-9-12-28-20/h2-6,9,12-13,15H,7-8,10-11H2,1H3,(H,21,22,26). The van der Waals surface area contributed by atoms with Crippen LogP contribution in [0.1, 0.15) is 23.3 Å². The Morgan fingerprint density at radius 1 is 1.18 bits per heavy atom. The Morgan fingerprint density at radius 2 is 1.93 bits per heavy atom. The van der Waals surface area contributed by atoms with Gasteiger partial charge >= 0.3 is 0 Å². The van der Waals surface area contributed by atoms with Crippen LogP contribution in [0.2, 0.25) is 0 Å². The van der Waals surface area contributed by atoms with Gasteiger partial charge in [0, 0.05) is 43.2 Å². The van der Waals surface area contributed by atoms with Gasteiger partial charge in [-0.1, -0.05) is 30.3 Å². The van der Waals surface area contributed by atoms with Crippen LogP contribution in [0.5, 0.6) is 0 Å². The second kappa shape index (κ2) is 7.93. The van der Waals surface area contributed by atoms with Crippen molar-refractivity contribution in [3.63, 3.8) is 0 Å². The van der Waals surface area contributed by atoms with Crippen molar-refractivity contribution in [2.45, 2.75) is 12.8 Å². The number of benzene rings is 1. The van der Waals surface area contributed by atoms with Crippen LogP contribution in [0.4, 0.5) is 5.13 Å². The fourth-order valence-electron chi connectivity index (χ4n) is 3.42. The first-order valence-electron chi connectivity index (χ1n) is 9.21. The van der Waals surface area contributed by atoms with Crippen LogP contribution in [-0.4, -0.2) is 44.6 Å². The zero-order valence-electron chi connectivity index (χ0n) is 15.5. The van der Waals surface area contributed by atoms with E-state index in [9.17, 15) is 9.59 Å². The van der Waals surface area contributed by atoms with Crippen LogP contribution in [0.25, 0.3) is 11.3 Å². The van der Waals surface area contributed by atoms with Crippen molar-refractivity contribution < 1.29 is 9.59 Å². The Kier molecular flexibility index (Phi) is 5.21. The van der Waals surface area contributed by atoms with E-state index < -0.39 is 0 Å².